The maximum Gasteiger partial charge on any atom is 0.292 e. The Morgan fingerprint density at radius 3 is 2.62 bits per heavy atom. The molecule has 0 spiro atoms. The summed E-state index contributed by atoms with van der Waals surface area (Å²) in [7, 11) is -2.72. The van der Waals surface area contributed by atoms with Crippen LogP contribution in [0.4, 0.5) is 0 Å². The zero-order valence-corrected chi connectivity index (χ0v) is 7.55. The number of methoxy groups -OCH3 is 1. The van der Waals surface area contributed by atoms with Crippen LogP contribution in [0.5, 0.6) is 0 Å². The first-order valence-corrected chi connectivity index (χ1v) is 4.93. The molecular weight excluding hydrogens is 194 g/mol. The second-order valence-corrected chi connectivity index (χ2v) is 4.04. The number of hydrogen-bond acceptors (Lipinski definition) is 4. The second-order valence-electron chi connectivity index (χ2n) is 2.65. The molecular formula is C7H7NO4S. The van der Waals surface area contributed by atoms with Crippen LogP contribution in [0.25, 0.3) is 0 Å². The molecule has 0 saturated carbocycles. The Kier molecular flexibility index (Phi) is 1.73. The van der Waals surface area contributed by atoms with Crippen molar-refractivity contribution in [2.75, 3.05) is 7.11 Å². The van der Waals surface area contributed by atoms with Crippen molar-refractivity contribution < 1.29 is 17.7 Å². The van der Waals surface area contributed by atoms with E-state index in [1.54, 1.807) is 6.08 Å². The fourth-order valence-electron chi connectivity index (χ4n) is 1.29. The van der Waals surface area contributed by atoms with Crippen molar-refractivity contribution in [1.82, 2.24) is 5.32 Å². The number of fused-ring (bicyclic) bond motifs is 2. The average Bonchev–Trinajstić information content (AvgIpc) is 2.59. The van der Waals surface area contributed by atoms with Crippen LogP contribution < -0.4 is 5.32 Å². The highest BCUT2D eigenvalue weighted by molar-refractivity contribution is 7.90. The van der Waals surface area contributed by atoms with E-state index in [9.17, 15) is 8.42 Å². The van der Waals surface area contributed by atoms with Gasteiger partial charge in [0.05, 0.1) is 13.2 Å². The summed E-state index contributed by atoms with van der Waals surface area (Å²) in [5.74, 6) is 0.421. The molecule has 2 aliphatic rings. The highest BCUT2D eigenvalue weighted by atomic mass is 32.2. The summed E-state index contributed by atoms with van der Waals surface area (Å²) in [6.45, 7) is 0. The Labute approximate surface area is 75.8 Å². The van der Waals surface area contributed by atoms with E-state index in [1.807, 2.05) is 0 Å². The van der Waals surface area contributed by atoms with Crippen molar-refractivity contribution in [3.05, 3.63) is 34.9 Å². The van der Waals surface area contributed by atoms with Gasteiger partial charge in [-0.25, -0.2) is 0 Å². The molecule has 2 bridgehead atoms. The van der Waals surface area contributed by atoms with Gasteiger partial charge in [0.15, 0.2) is 0 Å². The maximum atomic E-state index is 10.8. The van der Waals surface area contributed by atoms with E-state index in [4.69, 9.17) is 9.29 Å². The molecule has 0 aromatic rings. The first kappa shape index (κ1) is 8.74. The summed E-state index contributed by atoms with van der Waals surface area (Å²) in [5.41, 5.74) is 0. The minimum absolute atomic E-state index is 0.137. The predicted molar refractivity (Wildman–Crippen MR) is 44.3 cm³/mol. The molecule has 0 unspecified atom stereocenters. The molecule has 0 aromatic carbocycles. The van der Waals surface area contributed by atoms with Gasteiger partial charge in [-0.2, -0.15) is 8.42 Å². The van der Waals surface area contributed by atoms with E-state index in [-0.39, 0.29) is 4.91 Å². The van der Waals surface area contributed by atoms with Crippen molar-refractivity contribution in [3.63, 3.8) is 0 Å². The monoisotopic (exact) mass is 201 g/mol. The van der Waals surface area contributed by atoms with Gasteiger partial charge >= 0.3 is 0 Å². The fraction of sp³-hybridized carbons (Fsp3) is 0.143. The Hall–Kier alpha value is -0.850. The molecule has 2 heterocycles. The summed E-state index contributed by atoms with van der Waals surface area (Å²) in [6, 6.07) is 0.916. The van der Waals surface area contributed by atoms with E-state index in [1.165, 1.54) is 13.2 Å². The number of nitrogens with one attached hydrogen (secondary N) is 1. The van der Waals surface area contributed by atoms with Crippen LogP contribution in [0.2, 0.25) is 0 Å². The molecule has 2 radical (unpaired) electrons. The van der Waals surface area contributed by atoms with Gasteiger partial charge in [0.25, 0.3) is 10.1 Å². The first-order chi connectivity index (χ1) is 6.02. The quantitative estimate of drug-likeness (QED) is 0.613. The van der Waals surface area contributed by atoms with Crippen LogP contribution in [0.15, 0.2) is 22.8 Å². The third-order valence-electron chi connectivity index (χ3n) is 1.83. The van der Waals surface area contributed by atoms with E-state index in [2.05, 4.69) is 5.32 Å². The molecule has 6 heteroatoms. The van der Waals surface area contributed by atoms with Gasteiger partial charge in [-0.1, -0.05) is 0 Å². The molecule has 5 nitrogen and oxygen atoms in total. The van der Waals surface area contributed by atoms with Crippen LogP contribution in [0, 0.1) is 12.1 Å². The highest BCUT2D eigenvalue weighted by Crippen LogP contribution is 2.39. The largest absolute Gasteiger partial charge is 0.499 e. The van der Waals surface area contributed by atoms with Gasteiger partial charge in [-0.15, -0.1) is 0 Å². The molecule has 0 saturated heterocycles. The number of ether oxygens (including phenoxy) is 1. The Balaban J connectivity index is 2.35. The van der Waals surface area contributed by atoms with Crippen LogP contribution in [-0.4, -0.2) is 20.1 Å². The maximum absolute atomic E-state index is 10.8. The second kappa shape index (κ2) is 2.57. The lowest BCUT2D eigenvalue weighted by atomic mass is 10.2. The third kappa shape index (κ3) is 1.27. The topological polar surface area (TPSA) is 75.6 Å². The first-order valence-electron chi connectivity index (χ1n) is 3.49. The average molecular weight is 201 g/mol. The normalized spacial score (nSPS) is 23.2. The van der Waals surface area contributed by atoms with Gasteiger partial charge in [-0.3, -0.25) is 9.87 Å². The zero-order valence-electron chi connectivity index (χ0n) is 6.73. The Morgan fingerprint density at radius 1 is 1.46 bits per heavy atom. The summed E-state index contributed by atoms with van der Waals surface area (Å²) < 4.78 is 35.3. The van der Waals surface area contributed by atoms with Gasteiger partial charge in [0.2, 0.25) is 0 Å². The minimum atomic E-state index is -4.16. The van der Waals surface area contributed by atoms with E-state index < -0.39 is 10.1 Å². The minimum Gasteiger partial charge on any atom is -0.499 e. The Bertz CT molecular complexity index is 395. The molecule has 0 atom stereocenters. The molecule has 2 N–H and O–H groups in total. The van der Waals surface area contributed by atoms with Gasteiger partial charge in [0.1, 0.15) is 16.7 Å². The predicted octanol–water partition coefficient (Wildman–Crippen LogP) is -0.0308. The lowest BCUT2D eigenvalue weighted by molar-refractivity contribution is 0.292. The number of rotatable bonds is 2. The summed E-state index contributed by atoms with van der Waals surface area (Å²) in [6.07, 6.45) is 3.01. The van der Waals surface area contributed by atoms with Crippen LogP contribution in [-0.2, 0) is 14.9 Å². The molecule has 2 aliphatic heterocycles. The SMILES string of the molecule is COC1=C[C]2C=C(S(=O)(=O)O)[C]1N2. The molecule has 2 rings (SSSR count). The smallest absolute Gasteiger partial charge is 0.292 e. The third-order valence-corrected chi connectivity index (χ3v) is 2.71. The van der Waals surface area contributed by atoms with Crippen molar-refractivity contribution >= 4 is 10.1 Å². The summed E-state index contributed by atoms with van der Waals surface area (Å²) in [5, 5.41) is 2.77. The van der Waals surface area contributed by atoms with Crippen molar-refractivity contribution in [2.24, 2.45) is 0 Å². The van der Waals surface area contributed by atoms with E-state index in [0.717, 1.165) is 0 Å². The van der Waals surface area contributed by atoms with Crippen LogP contribution in [0.3, 0.4) is 0 Å². The molecule has 0 aliphatic carbocycles. The molecule has 13 heavy (non-hydrogen) atoms. The van der Waals surface area contributed by atoms with Gasteiger partial charge in [-0.05, 0) is 12.2 Å². The lowest BCUT2D eigenvalue weighted by Gasteiger charge is -2.11. The van der Waals surface area contributed by atoms with Gasteiger partial charge in [0, 0.05) is 0 Å². The van der Waals surface area contributed by atoms with E-state index in [0.29, 0.717) is 17.8 Å². The highest BCUT2D eigenvalue weighted by Gasteiger charge is 2.41. The number of hydrogen-bond donors (Lipinski definition) is 2. The fourth-order valence-corrected chi connectivity index (χ4v) is 1.98. The molecule has 0 aromatic heterocycles. The Morgan fingerprint density at radius 2 is 2.15 bits per heavy atom. The molecule has 0 amide bonds. The summed E-state index contributed by atoms with van der Waals surface area (Å²) in [4.78, 5) is -0.137. The van der Waals surface area contributed by atoms with E-state index >= 15 is 0 Å². The molecule has 0 fully saturated rings. The van der Waals surface area contributed by atoms with Crippen molar-refractivity contribution in [2.45, 2.75) is 0 Å². The molecule has 70 valence electrons. The van der Waals surface area contributed by atoms with Crippen molar-refractivity contribution in [3.8, 4) is 0 Å². The standard InChI is InChI=1S/C7H7NO4S/c1-12-5-2-4-3-6(7(5)8-4)13(9,10)11/h2-3,8H,1H3,(H,9,10,11). The van der Waals surface area contributed by atoms with Crippen LogP contribution in [0.1, 0.15) is 0 Å². The lowest BCUT2D eigenvalue weighted by Crippen LogP contribution is -2.18. The summed E-state index contributed by atoms with van der Waals surface area (Å²) >= 11 is 0. The van der Waals surface area contributed by atoms with Crippen LogP contribution >= 0.6 is 0 Å². The zero-order chi connectivity index (χ0) is 9.64. The van der Waals surface area contributed by atoms with Crippen molar-refractivity contribution in [1.29, 1.82) is 0 Å². The van der Waals surface area contributed by atoms with Gasteiger partial charge < -0.3 is 4.74 Å².